The number of nitrogens with one attached hydrogen (secondary N) is 1. The van der Waals surface area contributed by atoms with Crippen molar-refractivity contribution in [3.05, 3.63) is 29.8 Å². The van der Waals surface area contributed by atoms with E-state index in [1.807, 2.05) is 24.3 Å². The number of benzene rings is 1. The van der Waals surface area contributed by atoms with E-state index in [4.69, 9.17) is 0 Å². The lowest BCUT2D eigenvalue weighted by atomic mass is 9.98. The summed E-state index contributed by atoms with van der Waals surface area (Å²) in [4.78, 5) is 1.13. The number of thioether (sulfide) groups is 1. The molecular weight excluding hydrogens is 209 g/mol. The maximum absolute atomic E-state index is 14.2. The molecule has 0 aromatic heterocycles. The summed E-state index contributed by atoms with van der Waals surface area (Å²) in [6.07, 6.45) is 0. The second-order valence-corrected chi connectivity index (χ2v) is 5.03. The molecule has 1 atom stereocenters. The molecule has 0 spiro atoms. The van der Waals surface area contributed by atoms with Gasteiger partial charge < -0.3 is 5.32 Å². The molecule has 0 aliphatic carbocycles. The molecule has 0 heterocycles. The van der Waals surface area contributed by atoms with Crippen LogP contribution in [0.3, 0.4) is 0 Å². The van der Waals surface area contributed by atoms with Gasteiger partial charge in [-0.15, -0.1) is 11.8 Å². The summed E-state index contributed by atoms with van der Waals surface area (Å²) >= 11 is 1.74. The Bertz CT molecular complexity index is 312. The normalized spacial score (nSPS) is 14.9. The van der Waals surface area contributed by atoms with Crippen molar-refractivity contribution >= 4 is 11.8 Å². The molecule has 1 unspecified atom stereocenters. The highest BCUT2D eigenvalue weighted by molar-refractivity contribution is 7.99. The average Bonchev–Trinajstić information content (AvgIpc) is 2.19. The van der Waals surface area contributed by atoms with Gasteiger partial charge in [0.1, 0.15) is 5.67 Å². The minimum atomic E-state index is -1.29. The molecular formula is C12H18FNS. The molecule has 84 valence electrons. The minimum absolute atomic E-state index is 0.341. The molecule has 15 heavy (non-hydrogen) atoms. The Morgan fingerprint density at radius 1 is 1.47 bits per heavy atom. The molecule has 1 N–H and O–H groups in total. The number of hydrogen-bond acceptors (Lipinski definition) is 2. The van der Waals surface area contributed by atoms with Crippen LogP contribution in [0.25, 0.3) is 0 Å². The molecule has 0 saturated heterocycles. The summed E-state index contributed by atoms with van der Waals surface area (Å²) in [5.74, 6) is 1.01. The van der Waals surface area contributed by atoms with Gasteiger partial charge in [-0.05, 0) is 37.4 Å². The van der Waals surface area contributed by atoms with Gasteiger partial charge in [-0.2, -0.15) is 0 Å². The molecule has 0 radical (unpaired) electrons. The first kappa shape index (κ1) is 12.5. The fraction of sp³-hybridized carbons (Fsp3) is 0.500. The van der Waals surface area contributed by atoms with Crippen LogP contribution in [-0.4, -0.2) is 19.3 Å². The van der Waals surface area contributed by atoms with Gasteiger partial charge in [0.05, 0.1) is 0 Å². The molecule has 0 aliphatic heterocycles. The first-order chi connectivity index (χ1) is 7.10. The van der Waals surface area contributed by atoms with Gasteiger partial charge in [-0.25, -0.2) is 4.39 Å². The van der Waals surface area contributed by atoms with Crippen LogP contribution >= 0.6 is 11.8 Å². The van der Waals surface area contributed by atoms with Crippen LogP contribution in [0.5, 0.6) is 0 Å². The van der Waals surface area contributed by atoms with Crippen molar-refractivity contribution in [2.45, 2.75) is 24.4 Å². The maximum atomic E-state index is 14.2. The van der Waals surface area contributed by atoms with Gasteiger partial charge in [0.15, 0.2) is 0 Å². The van der Waals surface area contributed by atoms with Gasteiger partial charge in [0.2, 0.25) is 0 Å². The van der Waals surface area contributed by atoms with Crippen molar-refractivity contribution < 1.29 is 4.39 Å². The summed E-state index contributed by atoms with van der Waals surface area (Å²) < 4.78 is 14.2. The summed E-state index contributed by atoms with van der Waals surface area (Å²) in [6.45, 7) is 4.05. The van der Waals surface area contributed by atoms with Crippen molar-refractivity contribution in [2.24, 2.45) is 0 Å². The van der Waals surface area contributed by atoms with E-state index >= 15 is 0 Å². The van der Waals surface area contributed by atoms with E-state index < -0.39 is 5.67 Å². The van der Waals surface area contributed by atoms with Gasteiger partial charge in [-0.3, -0.25) is 0 Å². The second-order valence-electron chi connectivity index (χ2n) is 3.69. The Hall–Kier alpha value is -0.540. The summed E-state index contributed by atoms with van der Waals surface area (Å²) in [5, 5.41) is 2.88. The first-order valence-electron chi connectivity index (χ1n) is 5.17. The van der Waals surface area contributed by atoms with Crippen molar-refractivity contribution in [1.82, 2.24) is 5.32 Å². The summed E-state index contributed by atoms with van der Waals surface area (Å²) in [7, 11) is 1.77. The number of alkyl halides is 1. The third kappa shape index (κ3) is 3.50. The van der Waals surface area contributed by atoms with E-state index in [1.54, 1.807) is 25.7 Å². The van der Waals surface area contributed by atoms with E-state index in [0.717, 1.165) is 16.2 Å². The van der Waals surface area contributed by atoms with Crippen LogP contribution < -0.4 is 5.32 Å². The number of hydrogen-bond donors (Lipinski definition) is 1. The summed E-state index contributed by atoms with van der Waals surface area (Å²) in [6, 6.07) is 7.72. The Morgan fingerprint density at radius 2 is 2.20 bits per heavy atom. The third-order valence-electron chi connectivity index (χ3n) is 2.26. The predicted molar refractivity (Wildman–Crippen MR) is 65.2 cm³/mol. The van der Waals surface area contributed by atoms with Crippen LogP contribution in [0.15, 0.2) is 29.2 Å². The fourth-order valence-corrected chi connectivity index (χ4v) is 2.23. The Kier molecular flexibility index (Phi) is 4.61. The standard InChI is InChI=1S/C12H18FNS/c1-4-15-11-7-5-6-10(8-11)12(2,13)9-14-3/h5-8,14H,4,9H2,1-3H3. The average molecular weight is 227 g/mol. The SMILES string of the molecule is CCSc1cccc(C(C)(F)CNC)c1. The number of halogens is 1. The Labute approximate surface area is 95.5 Å². The Balaban J connectivity index is 2.88. The number of likely N-dealkylation sites (N-methyl/N-ethyl adjacent to an activating group) is 1. The maximum Gasteiger partial charge on any atom is 0.145 e. The highest BCUT2D eigenvalue weighted by Gasteiger charge is 2.24. The summed E-state index contributed by atoms with van der Waals surface area (Å²) in [5.41, 5.74) is -0.547. The topological polar surface area (TPSA) is 12.0 Å². The zero-order chi connectivity index (χ0) is 11.3. The lowest BCUT2D eigenvalue weighted by Gasteiger charge is -2.20. The molecule has 0 saturated carbocycles. The van der Waals surface area contributed by atoms with Gasteiger partial charge in [0, 0.05) is 11.4 Å². The zero-order valence-electron chi connectivity index (χ0n) is 9.51. The smallest absolute Gasteiger partial charge is 0.145 e. The van der Waals surface area contributed by atoms with Crippen molar-refractivity contribution in [3.63, 3.8) is 0 Å². The van der Waals surface area contributed by atoms with E-state index in [0.29, 0.717) is 6.54 Å². The molecule has 0 fully saturated rings. The zero-order valence-corrected chi connectivity index (χ0v) is 10.3. The fourth-order valence-electron chi connectivity index (χ4n) is 1.51. The minimum Gasteiger partial charge on any atom is -0.316 e. The molecule has 3 heteroatoms. The van der Waals surface area contributed by atoms with E-state index in [1.165, 1.54) is 0 Å². The van der Waals surface area contributed by atoms with Crippen LogP contribution in [0.4, 0.5) is 4.39 Å². The van der Waals surface area contributed by atoms with Crippen molar-refractivity contribution in [3.8, 4) is 0 Å². The first-order valence-corrected chi connectivity index (χ1v) is 6.15. The third-order valence-corrected chi connectivity index (χ3v) is 3.13. The largest absolute Gasteiger partial charge is 0.316 e. The van der Waals surface area contributed by atoms with Gasteiger partial charge in [-0.1, -0.05) is 19.1 Å². The predicted octanol–water partition coefficient (Wildman–Crippen LogP) is 3.20. The monoisotopic (exact) mass is 227 g/mol. The van der Waals surface area contributed by atoms with Crippen LogP contribution in [0, 0.1) is 0 Å². The highest BCUT2D eigenvalue weighted by Crippen LogP contribution is 2.28. The van der Waals surface area contributed by atoms with Crippen molar-refractivity contribution in [2.75, 3.05) is 19.3 Å². The van der Waals surface area contributed by atoms with Crippen molar-refractivity contribution in [1.29, 1.82) is 0 Å². The molecule has 0 bridgehead atoms. The molecule has 1 rings (SSSR count). The molecule has 0 amide bonds. The number of rotatable bonds is 5. The lowest BCUT2D eigenvalue weighted by molar-refractivity contribution is 0.190. The molecule has 0 aliphatic rings. The molecule has 1 aromatic carbocycles. The Morgan fingerprint density at radius 3 is 2.80 bits per heavy atom. The highest BCUT2D eigenvalue weighted by atomic mass is 32.2. The molecule has 1 nitrogen and oxygen atoms in total. The quantitative estimate of drug-likeness (QED) is 0.775. The van der Waals surface area contributed by atoms with Gasteiger partial charge in [0.25, 0.3) is 0 Å². The van der Waals surface area contributed by atoms with Gasteiger partial charge >= 0.3 is 0 Å². The van der Waals surface area contributed by atoms with Crippen LogP contribution in [0.2, 0.25) is 0 Å². The van der Waals surface area contributed by atoms with E-state index in [9.17, 15) is 4.39 Å². The second kappa shape index (κ2) is 5.52. The van der Waals surface area contributed by atoms with E-state index in [2.05, 4.69) is 12.2 Å². The van der Waals surface area contributed by atoms with Crippen LogP contribution in [-0.2, 0) is 5.67 Å². The van der Waals surface area contributed by atoms with Crippen LogP contribution in [0.1, 0.15) is 19.4 Å². The molecule has 1 aromatic rings. The van der Waals surface area contributed by atoms with E-state index in [-0.39, 0.29) is 0 Å². The lowest BCUT2D eigenvalue weighted by Crippen LogP contribution is -2.29.